The summed E-state index contributed by atoms with van der Waals surface area (Å²) < 4.78 is 0. The standard InChI is InChI=1S/C19H30N2O2/c1-14-11-15(2)19(16(3)12-14)20-18(23)13-21(9-10-22)17-7-5-4-6-8-17/h11-12,17,22H,4-10,13H2,1-3H3,(H,20,23). The first-order valence-corrected chi connectivity index (χ1v) is 8.74. The highest BCUT2D eigenvalue weighted by Crippen LogP contribution is 2.24. The molecule has 2 N–H and O–H groups in total. The maximum absolute atomic E-state index is 12.5. The molecule has 0 radical (unpaired) electrons. The molecule has 0 spiro atoms. The fourth-order valence-electron chi connectivity index (χ4n) is 3.71. The first-order chi connectivity index (χ1) is 11.0. The Labute approximate surface area is 139 Å². The van der Waals surface area contributed by atoms with Gasteiger partial charge >= 0.3 is 0 Å². The van der Waals surface area contributed by atoms with Crippen molar-refractivity contribution in [1.29, 1.82) is 0 Å². The third-order valence-electron chi connectivity index (χ3n) is 4.77. The predicted octanol–water partition coefficient (Wildman–Crippen LogP) is 3.18. The molecule has 1 fully saturated rings. The fraction of sp³-hybridized carbons (Fsp3) is 0.632. The van der Waals surface area contributed by atoms with Crippen LogP contribution in [0.3, 0.4) is 0 Å². The molecule has 1 aromatic carbocycles. The van der Waals surface area contributed by atoms with Gasteiger partial charge < -0.3 is 10.4 Å². The lowest BCUT2D eigenvalue weighted by molar-refractivity contribution is -0.118. The predicted molar refractivity (Wildman–Crippen MR) is 94.8 cm³/mol. The van der Waals surface area contributed by atoms with Crippen LogP contribution in [0.1, 0.15) is 48.8 Å². The van der Waals surface area contributed by atoms with Crippen molar-refractivity contribution in [2.45, 2.75) is 58.9 Å². The third-order valence-corrected chi connectivity index (χ3v) is 4.77. The number of carbonyl (C=O) groups is 1. The van der Waals surface area contributed by atoms with E-state index in [4.69, 9.17) is 0 Å². The van der Waals surface area contributed by atoms with Crippen LogP contribution in [0.2, 0.25) is 0 Å². The summed E-state index contributed by atoms with van der Waals surface area (Å²) in [5.74, 6) is 0.0130. The molecular weight excluding hydrogens is 288 g/mol. The van der Waals surface area contributed by atoms with Gasteiger partial charge in [-0.3, -0.25) is 9.69 Å². The summed E-state index contributed by atoms with van der Waals surface area (Å²) in [5, 5.41) is 12.4. The van der Waals surface area contributed by atoms with E-state index in [0.717, 1.165) is 29.7 Å². The van der Waals surface area contributed by atoms with Crippen molar-refractivity contribution < 1.29 is 9.90 Å². The summed E-state index contributed by atoms with van der Waals surface area (Å²) in [6.45, 7) is 7.16. The zero-order chi connectivity index (χ0) is 16.8. The average Bonchev–Trinajstić information content (AvgIpc) is 2.51. The Hall–Kier alpha value is -1.39. The number of aryl methyl sites for hydroxylation is 3. The highest BCUT2D eigenvalue weighted by Gasteiger charge is 2.23. The van der Waals surface area contributed by atoms with E-state index < -0.39 is 0 Å². The van der Waals surface area contributed by atoms with Gasteiger partial charge in [-0.1, -0.05) is 37.0 Å². The molecule has 4 nitrogen and oxygen atoms in total. The average molecular weight is 318 g/mol. The smallest absolute Gasteiger partial charge is 0.238 e. The lowest BCUT2D eigenvalue weighted by Crippen LogP contribution is -2.43. The van der Waals surface area contributed by atoms with E-state index >= 15 is 0 Å². The second kappa shape index (κ2) is 8.46. The van der Waals surface area contributed by atoms with Crippen LogP contribution in [-0.2, 0) is 4.79 Å². The van der Waals surface area contributed by atoms with Gasteiger partial charge in [0.15, 0.2) is 0 Å². The Morgan fingerprint density at radius 2 is 1.78 bits per heavy atom. The molecule has 1 aliphatic carbocycles. The third kappa shape index (κ3) is 5.05. The number of aliphatic hydroxyl groups excluding tert-OH is 1. The molecule has 1 saturated carbocycles. The molecular formula is C19H30N2O2. The monoisotopic (exact) mass is 318 g/mol. The number of benzene rings is 1. The van der Waals surface area contributed by atoms with Crippen LogP contribution >= 0.6 is 0 Å². The molecule has 2 rings (SSSR count). The van der Waals surface area contributed by atoms with Crippen molar-refractivity contribution in [2.75, 3.05) is 25.0 Å². The van der Waals surface area contributed by atoms with Crippen LogP contribution in [0.15, 0.2) is 12.1 Å². The van der Waals surface area contributed by atoms with Gasteiger partial charge in [0.1, 0.15) is 0 Å². The number of amides is 1. The van der Waals surface area contributed by atoms with Gasteiger partial charge in [0.2, 0.25) is 5.91 Å². The molecule has 0 atom stereocenters. The van der Waals surface area contributed by atoms with Crippen molar-refractivity contribution in [3.63, 3.8) is 0 Å². The van der Waals surface area contributed by atoms with Crippen LogP contribution in [0, 0.1) is 20.8 Å². The number of carbonyl (C=O) groups excluding carboxylic acids is 1. The largest absolute Gasteiger partial charge is 0.395 e. The first kappa shape index (κ1) is 18.0. The van der Waals surface area contributed by atoms with E-state index in [2.05, 4.69) is 29.3 Å². The normalized spacial score (nSPS) is 15.9. The zero-order valence-electron chi connectivity index (χ0n) is 14.7. The van der Waals surface area contributed by atoms with Gasteiger partial charge in [-0.25, -0.2) is 0 Å². The van der Waals surface area contributed by atoms with Crippen LogP contribution < -0.4 is 5.32 Å². The molecule has 1 aromatic rings. The van der Waals surface area contributed by atoms with Crippen molar-refractivity contribution >= 4 is 11.6 Å². The van der Waals surface area contributed by atoms with E-state index in [1.807, 2.05) is 13.8 Å². The summed E-state index contributed by atoms with van der Waals surface area (Å²) in [5.41, 5.74) is 4.33. The van der Waals surface area contributed by atoms with Gasteiger partial charge in [0, 0.05) is 18.3 Å². The zero-order valence-corrected chi connectivity index (χ0v) is 14.7. The van der Waals surface area contributed by atoms with E-state index in [-0.39, 0.29) is 12.5 Å². The highest BCUT2D eigenvalue weighted by atomic mass is 16.3. The molecule has 4 heteroatoms. The lowest BCUT2D eigenvalue weighted by Gasteiger charge is -2.33. The number of hydrogen-bond donors (Lipinski definition) is 2. The number of rotatable bonds is 6. The number of anilines is 1. The van der Waals surface area contributed by atoms with Crippen molar-refractivity contribution in [1.82, 2.24) is 4.90 Å². The van der Waals surface area contributed by atoms with Crippen LogP contribution in [0.4, 0.5) is 5.69 Å². The van der Waals surface area contributed by atoms with E-state index in [1.54, 1.807) is 0 Å². The molecule has 0 bridgehead atoms. The lowest BCUT2D eigenvalue weighted by atomic mass is 9.94. The maximum atomic E-state index is 12.5. The van der Waals surface area contributed by atoms with E-state index in [1.165, 1.54) is 24.8 Å². The van der Waals surface area contributed by atoms with Gasteiger partial charge in [-0.15, -0.1) is 0 Å². The Bertz CT molecular complexity index is 513. The molecule has 23 heavy (non-hydrogen) atoms. The summed E-state index contributed by atoms with van der Waals surface area (Å²) in [6, 6.07) is 4.62. The number of aliphatic hydroxyl groups is 1. The summed E-state index contributed by atoms with van der Waals surface area (Å²) >= 11 is 0. The number of hydrogen-bond acceptors (Lipinski definition) is 3. The van der Waals surface area contributed by atoms with Crippen molar-refractivity contribution in [2.24, 2.45) is 0 Å². The number of nitrogens with zero attached hydrogens (tertiary/aromatic N) is 1. The van der Waals surface area contributed by atoms with Gasteiger partial charge in [-0.2, -0.15) is 0 Å². The fourth-order valence-corrected chi connectivity index (χ4v) is 3.71. The molecule has 0 saturated heterocycles. The number of nitrogens with one attached hydrogen (secondary N) is 1. The summed E-state index contributed by atoms with van der Waals surface area (Å²) in [4.78, 5) is 14.6. The molecule has 0 heterocycles. The Morgan fingerprint density at radius 1 is 1.17 bits per heavy atom. The minimum atomic E-state index is 0.0130. The first-order valence-electron chi connectivity index (χ1n) is 8.74. The minimum Gasteiger partial charge on any atom is -0.395 e. The second-order valence-electron chi connectivity index (χ2n) is 6.81. The maximum Gasteiger partial charge on any atom is 0.238 e. The summed E-state index contributed by atoms with van der Waals surface area (Å²) in [7, 11) is 0. The second-order valence-corrected chi connectivity index (χ2v) is 6.81. The van der Waals surface area contributed by atoms with Crippen molar-refractivity contribution in [3.05, 3.63) is 28.8 Å². The minimum absolute atomic E-state index is 0.0130. The van der Waals surface area contributed by atoms with E-state index in [9.17, 15) is 9.90 Å². The Balaban J connectivity index is 2.01. The molecule has 1 aliphatic rings. The molecule has 0 aliphatic heterocycles. The van der Waals surface area contributed by atoms with Crippen LogP contribution in [0.5, 0.6) is 0 Å². The van der Waals surface area contributed by atoms with E-state index in [0.29, 0.717) is 19.1 Å². The molecule has 0 unspecified atom stereocenters. The topological polar surface area (TPSA) is 52.6 Å². The van der Waals surface area contributed by atoms with Crippen molar-refractivity contribution in [3.8, 4) is 0 Å². The summed E-state index contributed by atoms with van der Waals surface area (Å²) in [6.07, 6.45) is 6.01. The van der Waals surface area contributed by atoms with Crippen LogP contribution in [0.25, 0.3) is 0 Å². The van der Waals surface area contributed by atoms with Gasteiger partial charge in [0.05, 0.1) is 13.2 Å². The Morgan fingerprint density at radius 3 is 2.35 bits per heavy atom. The van der Waals surface area contributed by atoms with Gasteiger partial charge in [-0.05, 0) is 44.7 Å². The molecule has 1 amide bonds. The quantitative estimate of drug-likeness (QED) is 0.847. The SMILES string of the molecule is Cc1cc(C)c(NC(=O)CN(CCO)C2CCCCC2)c(C)c1. The molecule has 0 aromatic heterocycles. The van der Waals surface area contributed by atoms with Crippen LogP contribution in [-0.4, -0.2) is 41.7 Å². The highest BCUT2D eigenvalue weighted by molar-refractivity contribution is 5.93. The Kier molecular flexibility index (Phi) is 6.60. The van der Waals surface area contributed by atoms with Gasteiger partial charge in [0.25, 0.3) is 0 Å². The molecule has 128 valence electrons.